The van der Waals surface area contributed by atoms with E-state index in [-0.39, 0.29) is 5.91 Å². The summed E-state index contributed by atoms with van der Waals surface area (Å²) in [5.74, 6) is 1.11. The van der Waals surface area contributed by atoms with Gasteiger partial charge in [-0.1, -0.05) is 17.7 Å². The van der Waals surface area contributed by atoms with Crippen LogP contribution in [0.25, 0.3) is 0 Å². The first-order valence-electron chi connectivity index (χ1n) is 8.62. The molecule has 7 heteroatoms. The molecule has 1 aromatic heterocycles. The number of aryl methyl sites for hydroxylation is 2. The van der Waals surface area contributed by atoms with Gasteiger partial charge in [0.2, 0.25) is 5.91 Å². The van der Waals surface area contributed by atoms with Crippen LogP contribution in [-0.2, 0) is 17.9 Å². The molecule has 1 saturated heterocycles. The number of piperazine rings is 1. The molecular weight excluding hydrogens is 318 g/mol. The quantitative estimate of drug-likeness (QED) is 0.792. The number of nitrogens with zero attached hydrogens (tertiary/aromatic N) is 5. The van der Waals surface area contributed by atoms with Crippen LogP contribution in [0.1, 0.15) is 17.5 Å². The zero-order valence-corrected chi connectivity index (χ0v) is 14.9. The van der Waals surface area contributed by atoms with E-state index in [0.29, 0.717) is 13.0 Å². The van der Waals surface area contributed by atoms with E-state index >= 15 is 0 Å². The van der Waals surface area contributed by atoms with Gasteiger partial charge in [0, 0.05) is 44.7 Å². The molecule has 3 rings (SSSR count). The molecule has 0 radical (unpaired) electrons. The van der Waals surface area contributed by atoms with Gasteiger partial charge in [0.05, 0.1) is 13.7 Å². The van der Waals surface area contributed by atoms with Gasteiger partial charge < -0.3 is 9.64 Å². The van der Waals surface area contributed by atoms with E-state index in [1.807, 2.05) is 11.0 Å². The lowest BCUT2D eigenvalue weighted by molar-refractivity contribution is -0.133. The number of hydrogen-bond acceptors (Lipinski definition) is 5. The van der Waals surface area contributed by atoms with Gasteiger partial charge in [0.25, 0.3) is 0 Å². The highest BCUT2D eigenvalue weighted by Gasteiger charge is 2.21. The molecule has 0 bridgehead atoms. The Morgan fingerprint density at radius 1 is 1.24 bits per heavy atom. The van der Waals surface area contributed by atoms with E-state index in [0.717, 1.165) is 38.5 Å². The average Bonchev–Trinajstić information content (AvgIpc) is 3.14. The van der Waals surface area contributed by atoms with Crippen molar-refractivity contribution in [1.82, 2.24) is 24.6 Å². The Bertz CT molecular complexity index is 693. The van der Waals surface area contributed by atoms with Gasteiger partial charge in [-0.3, -0.25) is 14.4 Å². The lowest BCUT2D eigenvalue weighted by Crippen LogP contribution is -2.48. The maximum absolute atomic E-state index is 12.3. The van der Waals surface area contributed by atoms with Crippen LogP contribution in [0, 0.1) is 6.92 Å². The molecule has 1 aromatic carbocycles. The summed E-state index contributed by atoms with van der Waals surface area (Å²) in [4.78, 5) is 20.5. The number of rotatable bonds is 6. The summed E-state index contributed by atoms with van der Waals surface area (Å²) in [6.45, 7) is 6.83. The second kappa shape index (κ2) is 8.11. The first-order valence-corrected chi connectivity index (χ1v) is 8.62. The minimum Gasteiger partial charge on any atom is -0.496 e. The first-order chi connectivity index (χ1) is 12.2. The second-order valence-corrected chi connectivity index (χ2v) is 6.38. The SMILES string of the molecule is COc1ccc(C)cc1CN1CCN(C(=O)CCn2cncn2)CC1. The normalized spacial score (nSPS) is 15.4. The first kappa shape index (κ1) is 17.4. The summed E-state index contributed by atoms with van der Waals surface area (Å²) in [5.41, 5.74) is 2.44. The van der Waals surface area contributed by atoms with Crippen LogP contribution in [0.5, 0.6) is 5.75 Å². The predicted octanol–water partition coefficient (Wildman–Crippen LogP) is 1.33. The molecule has 1 aliphatic rings. The molecule has 134 valence electrons. The minimum absolute atomic E-state index is 0.184. The molecule has 7 nitrogen and oxygen atoms in total. The lowest BCUT2D eigenvalue weighted by Gasteiger charge is -2.35. The zero-order chi connectivity index (χ0) is 17.6. The highest BCUT2D eigenvalue weighted by Crippen LogP contribution is 2.22. The fourth-order valence-electron chi connectivity index (χ4n) is 3.14. The van der Waals surface area contributed by atoms with Crippen molar-refractivity contribution in [3.63, 3.8) is 0 Å². The predicted molar refractivity (Wildman–Crippen MR) is 94.2 cm³/mol. The van der Waals surface area contributed by atoms with Crippen LogP contribution < -0.4 is 4.74 Å². The number of ether oxygens (including phenoxy) is 1. The second-order valence-electron chi connectivity index (χ2n) is 6.38. The Labute approximate surface area is 148 Å². The summed E-state index contributed by atoms with van der Waals surface area (Å²) in [6, 6.07) is 6.26. The summed E-state index contributed by atoms with van der Waals surface area (Å²) in [7, 11) is 1.71. The Morgan fingerprint density at radius 3 is 2.72 bits per heavy atom. The number of benzene rings is 1. The number of hydrogen-bond donors (Lipinski definition) is 0. The van der Waals surface area contributed by atoms with Crippen LogP contribution in [-0.4, -0.2) is 63.8 Å². The zero-order valence-electron chi connectivity index (χ0n) is 14.9. The standard InChI is InChI=1S/C18H25N5O2/c1-15-3-4-17(25-2)16(11-15)12-21-7-9-22(10-8-21)18(24)5-6-23-14-19-13-20-23/h3-4,11,13-14H,5-10,12H2,1-2H3. The largest absolute Gasteiger partial charge is 0.496 e. The Hall–Kier alpha value is -2.41. The van der Waals surface area contributed by atoms with E-state index in [9.17, 15) is 4.79 Å². The number of methoxy groups -OCH3 is 1. The monoisotopic (exact) mass is 343 g/mol. The molecule has 2 aromatic rings. The molecule has 0 saturated carbocycles. The van der Waals surface area contributed by atoms with E-state index < -0.39 is 0 Å². The number of amides is 1. The van der Waals surface area contributed by atoms with Gasteiger partial charge in [-0.05, 0) is 13.0 Å². The Morgan fingerprint density at radius 2 is 2.04 bits per heavy atom. The van der Waals surface area contributed by atoms with Gasteiger partial charge in [-0.15, -0.1) is 0 Å². The Balaban J connectivity index is 1.48. The molecule has 25 heavy (non-hydrogen) atoms. The van der Waals surface area contributed by atoms with Crippen molar-refractivity contribution >= 4 is 5.91 Å². The van der Waals surface area contributed by atoms with E-state index in [1.54, 1.807) is 18.1 Å². The minimum atomic E-state index is 0.184. The summed E-state index contributed by atoms with van der Waals surface area (Å²) in [6.07, 6.45) is 3.60. The van der Waals surface area contributed by atoms with Crippen molar-refractivity contribution in [2.75, 3.05) is 33.3 Å². The molecular formula is C18H25N5O2. The van der Waals surface area contributed by atoms with Gasteiger partial charge in [-0.25, -0.2) is 4.98 Å². The molecule has 0 spiro atoms. The fourth-order valence-corrected chi connectivity index (χ4v) is 3.14. The molecule has 0 N–H and O–H groups in total. The fraction of sp³-hybridized carbons (Fsp3) is 0.500. The molecule has 1 amide bonds. The van der Waals surface area contributed by atoms with Crippen molar-refractivity contribution in [1.29, 1.82) is 0 Å². The van der Waals surface area contributed by atoms with Gasteiger partial charge in [-0.2, -0.15) is 5.10 Å². The van der Waals surface area contributed by atoms with Crippen molar-refractivity contribution in [3.8, 4) is 5.75 Å². The van der Waals surface area contributed by atoms with Gasteiger partial charge in [0.15, 0.2) is 0 Å². The molecule has 0 atom stereocenters. The van der Waals surface area contributed by atoms with Crippen LogP contribution >= 0.6 is 0 Å². The summed E-state index contributed by atoms with van der Waals surface area (Å²) < 4.78 is 7.16. The molecule has 1 fully saturated rings. The highest BCUT2D eigenvalue weighted by molar-refractivity contribution is 5.76. The van der Waals surface area contributed by atoms with Crippen molar-refractivity contribution in [2.45, 2.75) is 26.4 Å². The molecule has 0 aliphatic carbocycles. The summed E-state index contributed by atoms with van der Waals surface area (Å²) in [5, 5.41) is 4.03. The topological polar surface area (TPSA) is 63.5 Å². The number of aromatic nitrogens is 3. The van der Waals surface area contributed by atoms with Gasteiger partial charge >= 0.3 is 0 Å². The smallest absolute Gasteiger partial charge is 0.224 e. The van der Waals surface area contributed by atoms with Gasteiger partial charge in [0.1, 0.15) is 18.4 Å². The average molecular weight is 343 g/mol. The molecule has 0 unspecified atom stereocenters. The highest BCUT2D eigenvalue weighted by atomic mass is 16.5. The summed E-state index contributed by atoms with van der Waals surface area (Å²) >= 11 is 0. The van der Waals surface area contributed by atoms with Crippen LogP contribution in [0.3, 0.4) is 0 Å². The van der Waals surface area contributed by atoms with E-state index in [4.69, 9.17) is 4.74 Å². The van der Waals surface area contributed by atoms with Crippen LogP contribution in [0.2, 0.25) is 0 Å². The van der Waals surface area contributed by atoms with Crippen molar-refractivity contribution in [3.05, 3.63) is 42.0 Å². The maximum atomic E-state index is 12.3. The van der Waals surface area contributed by atoms with Crippen LogP contribution in [0.15, 0.2) is 30.9 Å². The number of carbonyl (C=O) groups is 1. The van der Waals surface area contributed by atoms with Crippen molar-refractivity contribution in [2.24, 2.45) is 0 Å². The molecule has 1 aliphatic heterocycles. The third-order valence-electron chi connectivity index (χ3n) is 4.58. The molecule has 2 heterocycles. The Kier molecular flexibility index (Phi) is 5.65. The van der Waals surface area contributed by atoms with Crippen molar-refractivity contribution < 1.29 is 9.53 Å². The van der Waals surface area contributed by atoms with Crippen LogP contribution in [0.4, 0.5) is 0 Å². The number of carbonyl (C=O) groups excluding carboxylic acids is 1. The maximum Gasteiger partial charge on any atom is 0.224 e. The van der Waals surface area contributed by atoms with E-state index in [2.05, 4.69) is 34.0 Å². The third-order valence-corrected chi connectivity index (χ3v) is 4.58. The lowest BCUT2D eigenvalue weighted by atomic mass is 10.1. The third kappa shape index (κ3) is 4.57. The van der Waals surface area contributed by atoms with E-state index in [1.165, 1.54) is 17.5 Å².